The third-order valence-corrected chi connectivity index (χ3v) is 2.81. The lowest BCUT2D eigenvalue weighted by Crippen LogP contribution is -2.03. The highest BCUT2D eigenvalue weighted by Gasteiger charge is 2.07. The molecule has 0 atom stereocenters. The van der Waals surface area contributed by atoms with Crippen LogP contribution in [0, 0.1) is 12.7 Å². The van der Waals surface area contributed by atoms with Crippen LogP contribution in [0.5, 0.6) is 0 Å². The van der Waals surface area contributed by atoms with Crippen molar-refractivity contribution in [3.8, 4) is 0 Å². The second-order valence-corrected chi connectivity index (χ2v) is 4.32. The molecule has 4 heteroatoms. The number of rotatable bonds is 4. The fourth-order valence-corrected chi connectivity index (χ4v) is 1.79. The number of hydrogen-bond donors (Lipinski definition) is 2. The summed E-state index contributed by atoms with van der Waals surface area (Å²) < 4.78 is 13.5. The van der Waals surface area contributed by atoms with Crippen LogP contribution in [-0.4, -0.2) is 11.1 Å². The van der Waals surface area contributed by atoms with E-state index >= 15 is 0 Å². The monoisotopic (exact) mass is 259 g/mol. The van der Waals surface area contributed by atoms with Crippen molar-refractivity contribution < 1.29 is 14.3 Å². The number of nitrogens with one attached hydrogen (secondary N) is 1. The first-order valence-corrected chi connectivity index (χ1v) is 5.89. The summed E-state index contributed by atoms with van der Waals surface area (Å²) in [5, 5.41) is 11.9. The van der Waals surface area contributed by atoms with Crippen molar-refractivity contribution >= 4 is 17.3 Å². The normalized spacial score (nSPS) is 10.2. The molecule has 0 saturated heterocycles. The molecule has 0 amide bonds. The van der Waals surface area contributed by atoms with Crippen LogP contribution in [-0.2, 0) is 11.2 Å². The van der Waals surface area contributed by atoms with E-state index in [0.717, 1.165) is 0 Å². The number of carboxylic acid groups (broad SMARTS) is 1. The van der Waals surface area contributed by atoms with Crippen LogP contribution in [0.2, 0.25) is 0 Å². The first-order valence-electron chi connectivity index (χ1n) is 5.89. The summed E-state index contributed by atoms with van der Waals surface area (Å²) in [5.74, 6) is -1.19. The Balaban J connectivity index is 2.27. The highest BCUT2D eigenvalue weighted by Crippen LogP contribution is 2.22. The summed E-state index contributed by atoms with van der Waals surface area (Å²) in [6.45, 7) is 1.69. The molecule has 0 aliphatic carbocycles. The van der Waals surface area contributed by atoms with Crippen molar-refractivity contribution in [2.24, 2.45) is 0 Å². The van der Waals surface area contributed by atoms with E-state index in [0.29, 0.717) is 22.5 Å². The van der Waals surface area contributed by atoms with Gasteiger partial charge in [-0.2, -0.15) is 0 Å². The number of anilines is 2. The smallest absolute Gasteiger partial charge is 0.307 e. The number of carboxylic acids is 1. The van der Waals surface area contributed by atoms with Crippen LogP contribution in [0.25, 0.3) is 0 Å². The first-order chi connectivity index (χ1) is 9.06. The maximum Gasteiger partial charge on any atom is 0.307 e. The zero-order chi connectivity index (χ0) is 13.8. The number of benzene rings is 2. The Morgan fingerprint density at radius 3 is 2.68 bits per heavy atom. The van der Waals surface area contributed by atoms with Gasteiger partial charge in [0.05, 0.1) is 6.42 Å². The van der Waals surface area contributed by atoms with E-state index in [1.165, 1.54) is 6.07 Å². The fraction of sp³-hybridized carbons (Fsp3) is 0.133. The average molecular weight is 259 g/mol. The van der Waals surface area contributed by atoms with E-state index in [1.807, 2.05) is 0 Å². The van der Waals surface area contributed by atoms with E-state index in [1.54, 1.807) is 43.3 Å². The van der Waals surface area contributed by atoms with Gasteiger partial charge in [-0.3, -0.25) is 4.79 Å². The summed E-state index contributed by atoms with van der Waals surface area (Å²) >= 11 is 0. The van der Waals surface area contributed by atoms with Gasteiger partial charge in [-0.15, -0.1) is 0 Å². The molecule has 19 heavy (non-hydrogen) atoms. The highest BCUT2D eigenvalue weighted by molar-refractivity contribution is 5.75. The van der Waals surface area contributed by atoms with Gasteiger partial charge < -0.3 is 10.4 Å². The second-order valence-electron chi connectivity index (χ2n) is 4.32. The van der Waals surface area contributed by atoms with Crippen LogP contribution < -0.4 is 5.32 Å². The maximum absolute atomic E-state index is 13.5. The van der Waals surface area contributed by atoms with Gasteiger partial charge in [0, 0.05) is 11.4 Å². The van der Waals surface area contributed by atoms with Crippen molar-refractivity contribution in [3.63, 3.8) is 0 Å². The molecule has 2 aromatic carbocycles. The molecule has 0 saturated carbocycles. The molecule has 2 rings (SSSR count). The number of aliphatic carboxylic acids is 1. The number of aryl methyl sites for hydroxylation is 1. The van der Waals surface area contributed by atoms with Crippen molar-refractivity contribution in [2.45, 2.75) is 13.3 Å². The maximum atomic E-state index is 13.5. The fourth-order valence-electron chi connectivity index (χ4n) is 1.79. The van der Waals surface area contributed by atoms with Gasteiger partial charge in [-0.25, -0.2) is 4.39 Å². The third-order valence-electron chi connectivity index (χ3n) is 2.81. The molecule has 0 aliphatic heterocycles. The second kappa shape index (κ2) is 5.52. The molecule has 0 radical (unpaired) electrons. The van der Waals surface area contributed by atoms with Crippen LogP contribution in [0.15, 0.2) is 42.5 Å². The Hall–Kier alpha value is -2.36. The van der Waals surface area contributed by atoms with Crippen LogP contribution >= 0.6 is 0 Å². The van der Waals surface area contributed by atoms with Gasteiger partial charge in [0.25, 0.3) is 0 Å². The molecule has 0 bridgehead atoms. The molecule has 3 nitrogen and oxygen atoms in total. The van der Waals surface area contributed by atoms with Gasteiger partial charge in [-0.05, 0) is 36.2 Å². The number of para-hydroxylation sites is 1. The van der Waals surface area contributed by atoms with Crippen molar-refractivity contribution in [2.75, 3.05) is 5.32 Å². The molecule has 2 N–H and O–H groups in total. The van der Waals surface area contributed by atoms with Crippen molar-refractivity contribution in [3.05, 3.63) is 59.4 Å². The lowest BCUT2D eigenvalue weighted by atomic mass is 10.1. The Bertz CT molecular complexity index is 611. The highest BCUT2D eigenvalue weighted by atomic mass is 19.1. The average Bonchev–Trinajstić information content (AvgIpc) is 2.36. The largest absolute Gasteiger partial charge is 0.481 e. The molecule has 0 aromatic heterocycles. The van der Waals surface area contributed by atoms with E-state index in [4.69, 9.17) is 5.11 Å². The lowest BCUT2D eigenvalue weighted by Gasteiger charge is -2.11. The lowest BCUT2D eigenvalue weighted by molar-refractivity contribution is -0.136. The standard InChI is InChI=1S/C15H14FNO2/c1-10-6-7-12(9-13(10)16)17-14-5-3-2-4-11(14)8-15(18)19/h2-7,9,17H,8H2,1H3,(H,18,19). The summed E-state index contributed by atoms with van der Waals surface area (Å²) in [7, 11) is 0. The summed E-state index contributed by atoms with van der Waals surface area (Å²) in [4.78, 5) is 10.8. The minimum absolute atomic E-state index is 0.0719. The molecule has 0 spiro atoms. The van der Waals surface area contributed by atoms with Gasteiger partial charge in [0.1, 0.15) is 5.82 Å². The van der Waals surface area contributed by atoms with Gasteiger partial charge in [-0.1, -0.05) is 24.3 Å². The Morgan fingerprint density at radius 1 is 1.26 bits per heavy atom. The molecule has 0 fully saturated rings. The predicted octanol–water partition coefficient (Wildman–Crippen LogP) is 3.50. The van der Waals surface area contributed by atoms with Gasteiger partial charge in [0.2, 0.25) is 0 Å². The van der Waals surface area contributed by atoms with Crippen LogP contribution in [0.3, 0.4) is 0 Å². The molecule has 98 valence electrons. The van der Waals surface area contributed by atoms with E-state index in [9.17, 15) is 9.18 Å². The third kappa shape index (κ3) is 3.31. The number of carbonyl (C=O) groups is 1. The first kappa shape index (κ1) is 13.1. The number of halogens is 1. The molecule has 0 heterocycles. The van der Waals surface area contributed by atoms with Crippen LogP contribution in [0.1, 0.15) is 11.1 Å². The van der Waals surface area contributed by atoms with Crippen molar-refractivity contribution in [1.82, 2.24) is 0 Å². The van der Waals surface area contributed by atoms with Crippen LogP contribution in [0.4, 0.5) is 15.8 Å². The number of hydrogen-bond acceptors (Lipinski definition) is 2. The van der Waals surface area contributed by atoms with Crippen molar-refractivity contribution in [1.29, 1.82) is 0 Å². The molecule has 0 unspecified atom stereocenters. The van der Waals surface area contributed by atoms with E-state index in [-0.39, 0.29) is 12.2 Å². The quantitative estimate of drug-likeness (QED) is 0.883. The minimum atomic E-state index is -0.899. The molecular weight excluding hydrogens is 245 g/mol. The topological polar surface area (TPSA) is 49.3 Å². The Labute approximate surface area is 110 Å². The SMILES string of the molecule is Cc1ccc(Nc2ccccc2CC(=O)O)cc1F. The minimum Gasteiger partial charge on any atom is -0.481 e. The zero-order valence-corrected chi connectivity index (χ0v) is 10.5. The molecule has 2 aromatic rings. The summed E-state index contributed by atoms with van der Waals surface area (Å²) in [6.07, 6.45) is -0.0719. The predicted molar refractivity (Wildman–Crippen MR) is 72.2 cm³/mol. The zero-order valence-electron chi connectivity index (χ0n) is 10.5. The summed E-state index contributed by atoms with van der Waals surface area (Å²) in [6, 6.07) is 11.9. The Morgan fingerprint density at radius 2 is 2.00 bits per heavy atom. The van der Waals surface area contributed by atoms with Gasteiger partial charge in [0.15, 0.2) is 0 Å². The Kier molecular flexibility index (Phi) is 3.80. The molecular formula is C15H14FNO2. The van der Waals surface area contributed by atoms with Gasteiger partial charge >= 0.3 is 5.97 Å². The molecule has 0 aliphatic rings. The van der Waals surface area contributed by atoms with E-state index < -0.39 is 5.97 Å². The summed E-state index contributed by atoms with van der Waals surface area (Å²) in [5.41, 5.74) is 2.51. The van der Waals surface area contributed by atoms with E-state index in [2.05, 4.69) is 5.32 Å².